The maximum atomic E-state index is 4.88. The summed E-state index contributed by atoms with van der Waals surface area (Å²) in [7, 11) is 9.60. The molecule has 19 heavy (non-hydrogen) atoms. The van der Waals surface area contributed by atoms with Crippen molar-refractivity contribution in [1.29, 1.82) is 0 Å². The van der Waals surface area contributed by atoms with Crippen LogP contribution in [0.1, 0.15) is 13.3 Å². The average Bonchev–Trinajstić information content (AvgIpc) is 2.47. The average molecular weight is 494 g/mol. The molecule has 0 atom stereocenters. The Kier molecular flexibility index (Phi) is 9.84. The van der Waals surface area contributed by atoms with Crippen LogP contribution in [0.3, 0.4) is 0 Å². The summed E-state index contributed by atoms with van der Waals surface area (Å²) in [4.78, 5) is 0. The molecule has 2 aromatic carbocycles. The van der Waals surface area contributed by atoms with Crippen molar-refractivity contribution in [2.24, 2.45) is 0 Å². The van der Waals surface area contributed by atoms with Crippen LogP contribution in [0, 0.1) is 0 Å². The van der Waals surface area contributed by atoms with Crippen molar-refractivity contribution in [3.05, 3.63) is 60.7 Å². The van der Waals surface area contributed by atoms with Gasteiger partial charge in [0.15, 0.2) is 0 Å². The van der Waals surface area contributed by atoms with E-state index in [-0.39, 0.29) is 7.92 Å². The van der Waals surface area contributed by atoms with E-state index < -0.39 is 16.5 Å². The number of halogens is 2. The molecule has 2 rings (SSSR count). The molecule has 0 amide bonds. The van der Waals surface area contributed by atoms with Crippen LogP contribution in [0.5, 0.6) is 0 Å². The van der Waals surface area contributed by atoms with Crippen LogP contribution in [-0.2, 0) is 16.5 Å². The van der Waals surface area contributed by atoms with E-state index in [1.54, 1.807) is 0 Å². The summed E-state index contributed by atoms with van der Waals surface area (Å²) in [5, 5.41) is 2.98. The zero-order valence-corrected chi connectivity index (χ0v) is 15.4. The van der Waals surface area contributed by atoms with Crippen LogP contribution in [0.4, 0.5) is 0 Å². The Morgan fingerprint density at radius 1 is 0.842 bits per heavy atom. The molecular formula is C15H17Cl2PPt. The van der Waals surface area contributed by atoms with Gasteiger partial charge >= 0.3 is 35.3 Å². The van der Waals surface area contributed by atoms with Crippen molar-refractivity contribution in [3.8, 4) is 0 Å². The zero-order valence-electron chi connectivity index (χ0n) is 10.7. The third-order valence-electron chi connectivity index (χ3n) is 2.58. The Morgan fingerprint density at radius 2 is 1.21 bits per heavy atom. The van der Waals surface area contributed by atoms with Gasteiger partial charge in [-0.2, -0.15) is 0 Å². The quantitative estimate of drug-likeness (QED) is 0.531. The Hall–Kier alpha value is 0.138. The monoisotopic (exact) mass is 493 g/mol. The predicted molar refractivity (Wildman–Crippen MR) is 85.9 cm³/mol. The topological polar surface area (TPSA) is 0 Å². The molecule has 0 spiro atoms. The van der Waals surface area contributed by atoms with Crippen LogP contribution in [0.2, 0.25) is 0 Å². The fourth-order valence-electron chi connectivity index (χ4n) is 1.85. The van der Waals surface area contributed by atoms with Crippen molar-refractivity contribution in [2.75, 3.05) is 6.16 Å². The molecule has 0 aliphatic rings. The van der Waals surface area contributed by atoms with Gasteiger partial charge in [-0.3, -0.25) is 0 Å². The predicted octanol–water partition coefficient (Wildman–Crippen LogP) is 4.91. The van der Waals surface area contributed by atoms with Crippen LogP contribution < -0.4 is 10.6 Å². The van der Waals surface area contributed by atoms with E-state index in [2.05, 4.69) is 67.6 Å². The van der Waals surface area contributed by atoms with E-state index in [1.807, 2.05) is 0 Å². The van der Waals surface area contributed by atoms with Crippen molar-refractivity contribution < 1.29 is 16.5 Å². The second kappa shape index (κ2) is 10.9. The van der Waals surface area contributed by atoms with Gasteiger partial charge in [-0.1, -0.05) is 74.0 Å². The molecule has 0 aromatic heterocycles. The molecule has 0 bridgehead atoms. The molecule has 4 heteroatoms. The molecule has 0 aliphatic heterocycles. The van der Waals surface area contributed by atoms with Crippen molar-refractivity contribution in [1.82, 2.24) is 0 Å². The van der Waals surface area contributed by atoms with E-state index in [1.165, 1.54) is 23.2 Å². The van der Waals surface area contributed by atoms with E-state index in [4.69, 9.17) is 18.8 Å². The van der Waals surface area contributed by atoms with E-state index in [9.17, 15) is 0 Å². The van der Waals surface area contributed by atoms with Crippen molar-refractivity contribution >= 4 is 37.4 Å². The molecule has 0 unspecified atom stereocenters. The number of hydrogen-bond donors (Lipinski definition) is 0. The first-order chi connectivity index (χ1) is 9.33. The van der Waals surface area contributed by atoms with Gasteiger partial charge in [-0.05, 0) is 24.7 Å². The van der Waals surface area contributed by atoms with Crippen LogP contribution in [-0.4, -0.2) is 6.16 Å². The van der Waals surface area contributed by atoms with Gasteiger partial charge < -0.3 is 0 Å². The first-order valence-corrected chi connectivity index (χ1v) is 13.2. The van der Waals surface area contributed by atoms with Gasteiger partial charge in [-0.15, -0.1) is 0 Å². The second-order valence-corrected chi connectivity index (χ2v) is 9.49. The van der Waals surface area contributed by atoms with E-state index in [0.717, 1.165) is 0 Å². The molecule has 0 saturated heterocycles. The third-order valence-corrected chi connectivity index (χ3v) is 5.32. The van der Waals surface area contributed by atoms with Crippen molar-refractivity contribution in [2.45, 2.75) is 13.3 Å². The van der Waals surface area contributed by atoms with Crippen LogP contribution >= 0.6 is 26.8 Å². The van der Waals surface area contributed by atoms with Crippen molar-refractivity contribution in [3.63, 3.8) is 0 Å². The maximum absolute atomic E-state index is 4.88. The second-order valence-electron chi connectivity index (χ2n) is 3.87. The third kappa shape index (κ3) is 6.41. The SMILES string of the molecule is CCCP(c1ccccc1)c1ccccc1.[Cl][Pt][Cl]. The summed E-state index contributed by atoms with van der Waals surface area (Å²) in [6.07, 6.45) is 2.53. The molecule has 106 valence electrons. The fourth-order valence-corrected chi connectivity index (χ4v) is 4.17. The van der Waals surface area contributed by atoms with Gasteiger partial charge in [0.1, 0.15) is 0 Å². The summed E-state index contributed by atoms with van der Waals surface area (Å²) in [5.41, 5.74) is 0. The normalized spacial score (nSPS) is 10.1. The Bertz CT molecular complexity index is 397. The minimum absolute atomic E-state index is 0.151. The van der Waals surface area contributed by atoms with Gasteiger partial charge in [0.2, 0.25) is 0 Å². The van der Waals surface area contributed by atoms with Gasteiger partial charge in [0.05, 0.1) is 0 Å². The zero-order chi connectivity index (χ0) is 13.9. The number of rotatable bonds is 4. The molecule has 2 aromatic rings. The van der Waals surface area contributed by atoms with Gasteiger partial charge in [-0.25, -0.2) is 0 Å². The molecule has 0 heterocycles. The van der Waals surface area contributed by atoms with E-state index >= 15 is 0 Å². The number of hydrogen-bond acceptors (Lipinski definition) is 0. The summed E-state index contributed by atoms with van der Waals surface area (Å²) in [6, 6.07) is 21.8. The first kappa shape index (κ1) is 17.2. The Morgan fingerprint density at radius 3 is 1.53 bits per heavy atom. The Labute approximate surface area is 133 Å². The summed E-state index contributed by atoms with van der Waals surface area (Å²) in [6.45, 7) is 2.27. The van der Waals surface area contributed by atoms with Gasteiger partial charge in [0, 0.05) is 0 Å². The van der Waals surface area contributed by atoms with Crippen LogP contribution in [0.25, 0.3) is 0 Å². The summed E-state index contributed by atoms with van der Waals surface area (Å²) < 4.78 is 0. The molecule has 0 fully saturated rings. The van der Waals surface area contributed by atoms with Crippen LogP contribution in [0.15, 0.2) is 60.7 Å². The summed E-state index contributed by atoms with van der Waals surface area (Å²) >= 11 is -0.472. The summed E-state index contributed by atoms with van der Waals surface area (Å²) in [5.74, 6) is 0. The number of benzene rings is 2. The first-order valence-electron chi connectivity index (χ1n) is 6.03. The van der Waals surface area contributed by atoms with Gasteiger partial charge in [0.25, 0.3) is 0 Å². The molecule has 0 N–H and O–H groups in total. The molecule has 0 radical (unpaired) electrons. The standard InChI is InChI=1S/C15H17P.2ClH.Pt/c1-2-13-16(14-9-5-3-6-10-14)15-11-7-4-8-12-15;;;/h3-12H,2,13H2,1H3;2*1H;/q;;;+2/p-2. The Balaban J connectivity index is 0.000000550. The molecule has 0 saturated carbocycles. The molecule has 0 aliphatic carbocycles. The molecule has 0 nitrogen and oxygen atoms in total. The minimum atomic E-state index is -0.472. The molecular weight excluding hydrogens is 477 g/mol. The van der Waals surface area contributed by atoms with E-state index in [0.29, 0.717) is 0 Å². The fraction of sp³-hybridized carbons (Fsp3) is 0.200.